The first-order valence-corrected chi connectivity index (χ1v) is 2.55. The molecule has 0 aromatic heterocycles. The van der Waals surface area contributed by atoms with Crippen LogP contribution < -0.4 is 0 Å². The molecule has 0 aliphatic carbocycles. The molecule has 0 aromatic rings. The lowest BCUT2D eigenvalue weighted by Gasteiger charge is -2.16. The zero-order valence-electron chi connectivity index (χ0n) is 5.13. The minimum Gasteiger partial charge on any atom is -0.390 e. The van der Waals surface area contributed by atoms with E-state index in [2.05, 4.69) is 4.74 Å². The number of hydrogen-bond donors (Lipinski definition) is 2. The highest BCUT2D eigenvalue weighted by molar-refractivity contribution is 5.60. The van der Waals surface area contributed by atoms with Gasteiger partial charge in [-0.2, -0.15) is 0 Å². The summed E-state index contributed by atoms with van der Waals surface area (Å²) in [5, 5.41) is 17.0. The summed E-state index contributed by atoms with van der Waals surface area (Å²) >= 11 is 0. The van der Waals surface area contributed by atoms with Gasteiger partial charge in [-0.15, -0.1) is 0 Å². The molecule has 53 valence electrons. The molecule has 1 atom stereocenters. The Kier molecular flexibility index (Phi) is 3.37. The molecule has 2 N–H and O–H groups in total. The Balaban J connectivity index is 3.76. The number of aliphatic hydroxyl groups excluding tert-OH is 1. The molecule has 0 aromatic carbocycles. The van der Waals surface area contributed by atoms with Crippen LogP contribution >= 0.6 is 0 Å². The van der Waals surface area contributed by atoms with Gasteiger partial charge in [0, 0.05) is 6.61 Å². The molecule has 1 radical (unpaired) electrons. The fourth-order valence-electron chi connectivity index (χ4n) is 0.346. The van der Waals surface area contributed by atoms with Gasteiger partial charge in [-0.25, -0.2) is 0 Å². The lowest BCUT2D eigenvalue weighted by atomic mass is 10.3. The second-order valence-electron chi connectivity index (χ2n) is 1.48. The summed E-state index contributed by atoms with van der Waals surface area (Å²) in [6.07, 6.45) is 1.16. The van der Waals surface area contributed by atoms with Crippen molar-refractivity contribution >= 4 is 6.29 Å². The molecule has 4 nitrogen and oxygen atoms in total. The van der Waals surface area contributed by atoms with E-state index in [4.69, 9.17) is 10.2 Å². The zero-order chi connectivity index (χ0) is 7.33. The van der Waals surface area contributed by atoms with Crippen molar-refractivity contribution in [2.24, 2.45) is 0 Å². The predicted octanol–water partition coefficient (Wildman–Crippen LogP) is -1.19. The Morgan fingerprint density at radius 1 is 1.78 bits per heavy atom. The topological polar surface area (TPSA) is 66.8 Å². The van der Waals surface area contributed by atoms with Crippen molar-refractivity contribution in [3.05, 3.63) is 0 Å². The van der Waals surface area contributed by atoms with E-state index in [1.165, 1.54) is 0 Å². The van der Waals surface area contributed by atoms with E-state index in [1.807, 2.05) is 0 Å². The molecule has 0 fully saturated rings. The van der Waals surface area contributed by atoms with Crippen LogP contribution in [0.15, 0.2) is 0 Å². The van der Waals surface area contributed by atoms with Crippen LogP contribution in [0.3, 0.4) is 0 Å². The average Bonchev–Trinajstić information content (AvgIpc) is 1.89. The van der Waals surface area contributed by atoms with E-state index in [1.54, 1.807) is 6.92 Å². The lowest BCUT2D eigenvalue weighted by molar-refractivity contribution is -0.170. The van der Waals surface area contributed by atoms with Gasteiger partial charge in [-0.3, -0.25) is 4.79 Å². The lowest BCUT2D eigenvalue weighted by Crippen LogP contribution is -2.38. The van der Waals surface area contributed by atoms with E-state index < -0.39 is 12.4 Å². The number of rotatable bonds is 4. The molecule has 0 saturated heterocycles. The van der Waals surface area contributed by atoms with Gasteiger partial charge in [0.1, 0.15) is 6.61 Å². The fourth-order valence-corrected chi connectivity index (χ4v) is 0.346. The predicted molar refractivity (Wildman–Crippen MR) is 29.4 cm³/mol. The maximum atomic E-state index is 9.79. The summed E-state index contributed by atoms with van der Waals surface area (Å²) in [7, 11) is 0. The smallest absolute Gasteiger partial charge is 0.265 e. The second-order valence-corrected chi connectivity index (χ2v) is 1.48. The van der Waals surface area contributed by atoms with Gasteiger partial charge in [0.2, 0.25) is 0 Å². The van der Waals surface area contributed by atoms with Crippen molar-refractivity contribution in [1.29, 1.82) is 0 Å². The van der Waals surface area contributed by atoms with Crippen molar-refractivity contribution in [2.75, 3.05) is 13.2 Å². The molecule has 0 bridgehead atoms. The minimum absolute atomic E-state index is 0.159. The molecular formula is C5H9O4. The molecule has 1 unspecified atom stereocenters. The average molecular weight is 133 g/mol. The van der Waals surface area contributed by atoms with Crippen LogP contribution in [0.5, 0.6) is 0 Å². The van der Waals surface area contributed by atoms with Crippen molar-refractivity contribution in [3.8, 4) is 0 Å². The summed E-state index contributed by atoms with van der Waals surface area (Å²) in [5.41, 5.74) is 0. The first-order chi connectivity index (χ1) is 4.18. The third kappa shape index (κ3) is 2.55. The van der Waals surface area contributed by atoms with E-state index >= 15 is 0 Å². The van der Waals surface area contributed by atoms with Gasteiger partial charge in [-0.1, -0.05) is 0 Å². The van der Waals surface area contributed by atoms with Gasteiger partial charge in [-0.05, 0) is 6.92 Å². The standard InChI is InChI=1S/C5H9O4/c1-2-9-5(8,3-6)4-7/h6,8H,2-3H2,1H3. The Morgan fingerprint density at radius 2 is 2.33 bits per heavy atom. The molecule has 9 heavy (non-hydrogen) atoms. The van der Waals surface area contributed by atoms with E-state index in [9.17, 15) is 4.79 Å². The Bertz CT molecular complexity index is 93.0. The van der Waals surface area contributed by atoms with Crippen molar-refractivity contribution in [2.45, 2.75) is 12.7 Å². The van der Waals surface area contributed by atoms with E-state index in [-0.39, 0.29) is 6.61 Å². The Hall–Kier alpha value is -0.450. The van der Waals surface area contributed by atoms with E-state index in [0.29, 0.717) is 0 Å². The molecule has 0 saturated carbocycles. The summed E-state index contributed by atoms with van der Waals surface area (Å²) < 4.78 is 4.41. The number of ether oxygens (including phenoxy) is 1. The molecule has 0 aliphatic heterocycles. The van der Waals surface area contributed by atoms with Gasteiger partial charge in [0.05, 0.1) is 0 Å². The minimum atomic E-state index is -2.12. The summed E-state index contributed by atoms with van der Waals surface area (Å²) in [4.78, 5) is 9.79. The third-order valence-electron chi connectivity index (χ3n) is 0.757. The maximum Gasteiger partial charge on any atom is 0.265 e. The number of carbonyl (C=O) groups excluding carboxylic acids is 1. The monoisotopic (exact) mass is 133 g/mol. The van der Waals surface area contributed by atoms with Crippen LogP contribution in [-0.4, -0.2) is 35.5 Å². The quantitative estimate of drug-likeness (QED) is 0.473. The molecule has 4 heteroatoms. The summed E-state index contributed by atoms with van der Waals surface area (Å²) in [6.45, 7) is 0.995. The highest BCUT2D eigenvalue weighted by Gasteiger charge is 2.26. The Morgan fingerprint density at radius 3 is 2.44 bits per heavy atom. The molecule has 0 heterocycles. The van der Waals surface area contributed by atoms with Crippen LogP contribution in [0.25, 0.3) is 0 Å². The van der Waals surface area contributed by atoms with Crippen LogP contribution in [0, 0.1) is 0 Å². The highest BCUT2D eigenvalue weighted by atomic mass is 16.6. The van der Waals surface area contributed by atoms with Crippen molar-refractivity contribution in [3.63, 3.8) is 0 Å². The second kappa shape index (κ2) is 3.55. The van der Waals surface area contributed by atoms with Crippen molar-refractivity contribution < 1.29 is 19.7 Å². The SMILES string of the molecule is CCOC(O)([C]=O)CO. The Labute approximate surface area is 53.1 Å². The first-order valence-electron chi connectivity index (χ1n) is 2.55. The normalized spacial score (nSPS) is 16.8. The van der Waals surface area contributed by atoms with Gasteiger partial charge in [0.25, 0.3) is 12.1 Å². The number of hydrogen-bond acceptors (Lipinski definition) is 4. The van der Waals surface area contributed by atoms with Crippen molar-refractivity contribution in [1.82, 2.24) is 0 Å². The maximum absolute atomic E-state index is 9.79. The molecule has 0 amide bonds. The molecular weight excluding hydrogens is 124 g/mol. The largest absolute Gasteiger partial charge is 0.390 e. The summed E-state index contributed by atoms with van der Waals surface area (Å²) in [6, 6.07) is 0. The van der Waals surface area contributed by atoms with Crippen LogP contribution in [0.1, 0.15) is 6.92 Å². The van der Waals surface area contributed by atoms with E-state index in [0.717, 1.165) is 6.29 Å². The van der Waals surface area contributed by atoms with Crippen LogP contribution in [-0.2, 0) is 9.53 Å². The highest BCUT2D eigenvalue weighted by Crippen LogP contribution is 1.99. The zero-order valence-corrected chi connectivity index (χ0v) is 5.13. The molecule has 0 spiro atoms. The molecule has 0 aliphatic rings. The van der Waals surface area contributed by atoms with Crippen LogP contribution in [0.2, 0.25) is 0 Å². The first kappa shape index (κ1) is 8.55. The molecule has 0 rings (SSSR count). The summed E-state index contributed by atoms with van der Waals surface area (Å²) in [5.74, 6) is -2.12. The van der Waals surface area contributed by atoms with Gasteiger partial charge < -0.3 is 14.9 Å². The van der Waals surface area contributed by atoms with Gasteiger partial charge >= 0.3 is 0 Å². The third-order valence-corrected chi connectivity index (χ3v) is 0.757. The van der Waals surface area contributed by atoms with Gasteiger partial charge in [0.15, 0.2) is 0 Å². The fraction of sp³-hybridized carbons (Fsp3) is 0.800. The van der Waals surface area contributed by atoms with Crippen LogP contribution in [0.4, 0.5) is 0 Å². The number of aliphatic hydroxyl groups is 2.